The van der Waals surface area contributed by atoms with Gasteiger partial charge >= 0.3 is 0 Å². The second kappa shape index (κ2) is 10.2. The Morgan fingerprint density at radius 3 is 2.87 bits per heavy atom. The first kappa shape index (κ1) is 21.7. The topological polar surface area (TPSA) is 114 Å². The first-order valence-electron chi connectivity index (χ1n) is 10.1. The summed E-state index contributed by atoms with van der Waals surface area (Å²) in [5, 5.41) is 14.0. The lowest BCUT2D eigenvalue weighted by Crippen LogP contribution is -2.32. The highest BCUT2D eigenvalue weighted by molar-refractivity contribution is 8.01. The fourth-order valence-corrected chi connectivity index (χ4v) is 5.06. The van der Waals surface area contributed by atoms with Gasteiger partial charge in [0, 0.05) is 31.8 Å². The van der Waals surface area contributed by atoms with Crippen molar-refractivity contribution in [3.63, 3.8) is 0 Å². The summed E-state index contributed by atoms with van der Waals surface area (Å²) in [5.41, 5.74) is 0.787. The number of carbonyl (C=O) groups excluding carboxylic acids is 3. The molecule has 2 fully saturated rings. The van der Waals surface area contributed by atoms with Crippen molar-refractivity contribution in [1.82, 2.24) is 15.5 Å². The lowest BCUT2D eigenvalue weighted by molar-refractivity contribution is -0.122. The van der Waals surface area contributed by atoms with Gasteiger partial charge in [-0.05, 0) is 25.0 Å². The van der Waals surface area contributed by atoms with E-state index in [1.54, 1.807) is 4.90 Å². The van der Waals surface area contributed by atoms with Crippen molar-refractivity contribution < 1.29 is 19.1 Å². The number of benzene rings is 1. The van der Waals surface area contributed by atoms with Gasteiger partial charge in [0.2, 0.25) is 22.9 Å². The minimum atomic E-state index is -0.448. The Balaban J connectivity index is 1.22. The Morgan fingerprint density at radius 2 is 2.10 bits per heavy atom. The van der Waals surface area contributed by atoms with E-state index in [-0.39, 0.29) is 36.0 Å². The average Bonchev–Trinajstić information content (AvgIpc) is 3.53. The summed E-state index contributed by atoms with van der Waals surface area (Å²) in [6.07, 6.45) is 2.28. The summed E-state index contributed by atoms with van der Waals surface area (Å²) in [6, 6.07) is 9.30. The van der Waals surface area contributed by atoms with E-state index < -0.39 is 5.92 Å². The van der Waals surface area contributed by atoms with Gasteiger partial charge < -0.3 is 20.3 Å². The van der Waals surface area contributed by atoms with Gasteiger partial charge in [0.25, 0.3) is 0 Å². The van der Waals surface area contributed by atoms with Crippen LogP contribution in [0, 0.1) is 5.92 Å². The minimum absolute atomic E-state index is 0.0751. The van der Waals surface area contributed by atoms with Gasteiger partial charge in [0.05, 0.1) is 17.8 Å². The van der Waals surface area contributed by atoms with E-state index in [2.05, 4.69) is 20.8 Å². The van der Waals surface area contributed by atoms with Crippen molar-refractivity contribution >= 4 is 51.6 Å². The number of nitrogens with zero attached hydrogens (tertiary/aromatic N) is 3. The number of para-hydroxylation sites is 1. The molecule has 2 aliphatic rings. The van der Waals surface area contributed by atoms with Crippen molar-refractivity contribution in [3.05, 3.63) is 30.3 Å². The number of rotatable bonds is 8. The van der Waals surface area contributed by atoms with Gasteiger partial charge in [-0.1, -0.05) is 41.3 Å². The molecule has 0 aliphatic carbocycles. The fraction of sp³-hybridized carbons (Fsp3) is 0.450. The standard InChI is InChI=1S/C20H23N5O4S2/c26-16(21-10-15-7-4-8-29-15)12-30-20-24-23-19(31-20)22-18(28)13-9-17(27)25(11-13)14-5-2-1-3-6-14/h1-3,5-6,13,15H,4,7-12H2,(H,21,26)(H,22,23,28)/t13-,15+/m0/s1. The smallest absolute Gasteiger partial charge is 0.231 e. The van der Waals surface area contributed by atoms with Crippen LogP contribution in [-0.2, 0) is 19.1 Å². The molecule has 0 unspecified atom stereocenters. The Labute approximate surface area is 187 Å². The number of nitrogens with one attached hydrogen (secondary N) is 2. The van der Waals surface area contributed by atoms with E-state index in [1.807, 2.05) is 30.3 Å². The fourth-order valence-electron chi connectivity index (χ4n) is 3.48. The molecule has 2 saturated heterocycles. The third-order valence-corrected chi connectivity index (χ3v) is 7.05. The molecule has 1 aromatic carbocycles. The van der Waals surface area contributed by atoms with Gasteiger partial charge in [-0.25, -0.2) is 0 Å². The maximum absolute atomic E-state index is 12.6. The maximum Gasteiger partial charge on any atom is 0.231 e. The number of ether oxygens (including phenoxy) is 1. The first-order valence-corrected chi connectivity index (χ1v) is 11.9. The van der Waals surface area contributed by atoms with E-state index in [4.69, 9.17) is 4.74 Å². The Kier molecular flexibility index (Phi) is 7.15. The van der Waals surface area contributed by atoms with Gasteiger partial charge in [-0.2, -0.15) is 0 Å². The second-order valence-electron chi connectivity index (χ2n) is 7.33. The zero-order chi connectivity index (χ0) is 21.6. The number of carbonyl (C=O) groups is 3. The number of amides is 3. The molecular weight excluding hydrogens is 438 g/mol. The molecule has 2 aromatic rings. The first-order chi connectivity index (χ1) is 15.1. The number of anilines is 2. The lowest BCUT2D eigenvalue weighted by atomic mass is 10.1. The van der Waals surface area contributed by atoms with Crippen LogP contribution in [0.1, 0.15) is 19.3 Å². The molecule has 0 radical (unpaired) electrons. The predicted octanol–water partition coefficient (Wildman–Crippen LogP) is 1.92. The largest absolute Gasteiger partial charge is 0.376 e. The Morgan fingerprint density at radius 1 is 1.26 bits per heavy atom. The van der Waals surface area contributed by atoms with Crippen LogP contribution in [0.2, 0.25) is 0 Å². The van der Waals surface area contributed by atoms with Crippen molar-refractivity contribution in [2.75, 3.05) is 35.7 Å². The minimum Gasteiger partial charge on any atom is -0.376 e. The average molecular weight is 462 g/mol. The molecule has 0 spiro atoms. The normalized spacial score (nSPS) is 20.8. The van der Waals surface area contributed by atoms with E-state index >= 15 is 0 Å². The van der Waals surface area contributed by atoms with E-state index in [9.17, 15) is 14.4 Å². The van der Waals surface area contributed by atoms with Crippen LogP contribution in [0.3, 0.4) is 0 Å². The molecule has 3 heterocycles. The van der Waals surface area contributed by atoms with Crippen molar-refractivity contribution in [2.24, 2.45) is 5.92 Å². The summed E-state index contributed by atoms with van der Waals surface area (Å²) in [7, 11) is 0. The molecule has 2 N–H and O–H groups in total. The molecule has 0 bridgehead atoms. The third kappa shape index (κ3) is 5.81. The highest BCUT2D eigenvalue weighted by Crippen LogP contribution is 2.28. The zero-order valence-corrected chi connectivity index (χ0v) is 18.4. The Hall–Kier alpha value is -2.50. The second-order valence-corrected chi connectivity index (χ2v) is 9.53. The summed E-state index contributed by atoms with van der Waals surface area (Å²) in [4.78, 5) is 38.5. The zero-order valence-electron chi connectivity index (χ0n) is 16.8. The van der Waals surface area contributed by atoms with Crippen LogP contribution in [0.4, 0.5) is 10.8 Å². The SMILES string of the molecule is O=C(CSc1nnc(NC(=O)[C@H]2CC(=O)N(c3ccccc3)C2)s1)NC[C@H]1CCCO1. The van der Waals surface area contributed by atoms with Crippen molar-refractivity contribution in [1.29, 1.82) is 0 Å². The summed E-state index contributed by atoms with van der Waals surface area (Å²) in [5.74, 6) is -0.649. The molecule has 2 aliphatic heterocycles. The number of thioether (sulfide) groups is 1. The summed E-state index contributed by atoms with van der Waals surface area (Å²) < 4.78 is 6.07. The quantitative estimate of drug-likeness (QED) is 0.456. The van der Waals surface area contributed by atoms with E-state index in [0.717, 1.165) is 25.1 Å². The predicted molar refractivity (Wildman–Crippen MR) is 118 cm³/mol. The number of aromatic nitrogens is 2. The van der Waals surface area contributed by atoms with Crippen LogP contribution in [0.15, 0.2) is 34.7 Å². The molecule has 0 saturated carbocycles. The van der Waals surface area contributed by atoms with Gasteiger partial charge in [0.1, 0.15) is 0 Å². The molecule has 1 aromatic heterocycles. The summed E-state index contributed by atoms with van der Waals surface area (Å²) in [6.45, 7) is 1.62. The lowest BCUT2D eigenvalue weighted by Gasteiger charge is -2.16. The molecule has 164 valence electrons. The van der Waals surface area contributed by atoms with Gasteiger partial charge in [-0.3, -0.25) is 14.4 Å². The molecule has 4 rings (SSSR count). The molecule has 31 heavy (non-hydrogen) atoms. The van der Waals surface area contributed by atoms with Crippen LogP contribution in [0.5, 0.6) is 0 Å². The molecule has 9 nitrogen and oxygen atoms in total. The monoisotopic (exact) mass is 461 g/mol. The summed E-state index contributed by atoms with van der Waals surface area (Å²) >= 11 is 2.48. The van der Waals surface area contributed by atoms with Crippen LogP contribution >= 0.6 is 23.1 Å². The third-order valence-electron chi connectivity index (χ3n) is 5.08. The Bertz CT molecular complexity index is 933. The van der Waals surface area contributed by atoms with Crippen molar-refractivity contribution in [3.8, 4) is 0 Å². The van der Waals surface area contributed by atoms with Gasteiger partial charge in [-0.15, -0.1) is 10.2 Å². The van der Waals surface area contributed by atoms with Crippen LogP contribution in [0.25, 0.3) is 0 Å². The number of hydrogen-bond donors (Lipinski definition) is 2. The van der Waals surface area contributed by atoms with E-state index in [1.165, 1.54) is 23.1 Å². The van der Waals surface area contributed by atoms with Gasteiger partial charge in [0.15, 0.2) is 4.34 Å². The molecule has 11 heteroatoms. The maximum atomic E-state index is 12.6. The molecule has 2 atom stereocenters. The van der Waals surface area contributed by atoms with Crippen molar-refractivity contribution in [2.45, 2.75) is 29.7 Å². The highest BCUT2D eigenvalue weighted by atomic mass is 32.2. The molecule has 3 amide bonds. The van der Waals surface area contributed by atoms with E-state index in [0.29, 0.717) is 22.6 Å². The highest BCUT2D eigenvalue weighted by Gasteiger charge is 2.35. The van der Waals surface area contributed by atoms with Crippen LogP contribution < -0.4 is 15.5 Å². The number of hydrogen-bond acceptors (Lipinski definition) is 8. The molecular formula is C20H23N5O4S2. The van der Waals surface area contributed by atoms with Crippen LogP contribution in [-0.4, -0.2) is 59.5 Å².